The smallest absolute Gasteiger partial charge is 0.453 e. The number of amides is 1. The Balaban J connectivity index is 1.81. The van der Waals surface area contributed by atoms with E-state index in [0.29, 0.717) is 24.1 Å². The number of carbonyl (C=O) groups is 1. The van der Waals surface area contributed by atoms with E-state index in [1.165, 1.54) is 17.0 Å². The van der Waals surface area contributed by atoms with Crippen molar-refractivity contribution in [2.75, 3.05) is 19.6 Å². The number of rotatable bonds is 1. The van der Waals surface area contributed by atoms with Crippen LogP contribution >= 0.6 is 0 Å². The molecular weight excluding hydrogens is 329 g/mol. The van der Waals surface area contributed by atoms with Gasteiger partial charge in [0.05, 0.1) is 11.7 Å². The summed E-state index contributed by atoms with van der Waals surface area (Å²) in [6, 6.07) is 2.31. The van der Waals surface area contributed by atoms with Gasteiger partial charge >= 0.3 is 12.3 Å². The molecule has 0 aliphatic carbocycles. The van der Waals surface area contributed by atoms with Crippen molar-refractivity contribution in [3.8, 4) is 0 Å². The first-order chi connectivity index (χ1) is 11.4. The molecule has 3 unspecified atom stereocenters. The molecule has 2 fully saturated rings. The van der Waals surface area contributed by atoms with Crippen molar-refractivity contribution < 1.29 is 23.1 Å². The lowest BCUT2D eigenvalue weighted by Gasteiger charge is -2.24. The Hall–Kier alpha value is -2.43. The van der Waals surface area contributed by atoms with E-state index in [1.807, 2.05) is 0 Å². The van der Waals surface area contributed by atoms with Gasteiger partial charge in [-0.15, -0.1) is 10.2 Å². The SMILES string of the molecule is O=C(O)N1CC2CNCC2C1c1ccc2nnc(C(F)(F)F)n2n1. The van der Waals surface area contributed by atoms with Crippen LogP contribution in [0.5, 0.6) is 0 Å². The maximum atomic E-state index is 13.0. The second-order valence-corrected chi connectivity index (χ2v) is 6.01. The Morgan fingerprint density at radius 1 is 1.29 bits per heavy atom. The summed E-state index contributed by atoms with van der Waals surface area (Å²) in [4.78, 5) is 12.8. The number of hydrogen-bond acceptors (Lipinski definition) is 5. The molecule has 11 heteroatoms. The summed E-state index contributed by atoms with van der Waals surface area (Å²) < 4.78 is 39.6. The van der Waals surface area contributed by atoms with Crippen LogP contribution in [0.25, 0.3) is 5.65 Å². The zero-order valence-corrected chi connectivity index (χ0v) is 12.2. The van der Waals surface area contributed by atoms with Crippen LogP contribution in [-0.2, 0) is 6.18 Å². The predicted molar refractivity (Wildman–Crippen MR) is 73.1 cm³/mol. The van der Waals surface area contributed by atoms with Crippen molar-refractivity contribution in [2.24, 2.45) is 11.8 Å². The van der Waals surface area contributed by atoms with Crippen molar-refractivity contribution in [3.63, 3.8) is 0 Å². The number of aromatic nitrogens is 4. The molecule has 4 heterocycles. The quantitative estimate of drug-likeness (QED) is 0.803. The van der Waals surface area contributed by atoms with Gasteiger partial charge in [-0.2, -0.15) is 22.8 Å². The molecule has 2 aromatic rings. The van der Waals surface area contributed by atoms with Gasteiger partial charge in [0.2, 0.25) is 0 Å². The van der Waals surface area contributed by atoms with Crippen LogP contribution in [0.4, 0.5) is 18.0 Å². The molecule has 2 saturated heterocycles. The number of carboxylic acid groups (broad SMARTS) is 1. The summed E-state index contributed by atoms with van der Waals surface area (Å²) in [5.41, 5.74) is 0.235. The summed E-state index contributed by atoms with van der Waals surface area (Å²) in [5.74, 6) is -1.11. The van der Waals surface area contributed by atoms with Gasteiger partial charge in [0.15, 0.2) is 5.65 Å². The Morgan fingerprint density at radius 2 is 2.08 bits per heavy atom. The van der Waals surface area contributed by atoms with Gasteiger partial charge in [-0.05, 0) is 18.1 Å². The fourth-order valence-corrected chi connectivity index (χ4v) is 3.63. The molecule has 0 spiro atoms. The monoisotopic (exact) mass is 342 g/mol. The minimum atomic E-state index is -4.69. The first kappa shape index (κ1) is 15.1. The van der Waals surface area contributed by atoms with Crippen LogP contribution in [0.2, 0.25) is 0 Å². The average molecular weight is 342 g/mol. The number of fused-ring (bicyclic) bond motifs is 2. The molecule has 24 heavy (non-hydrogen) atoms. The van der Waals surface area contributed by atoms with Crippen molar-refractivity contribution in [1.29, 1.82) is 0 Å². The van der Waals surface area contributed by atoms with E-state index in [-0.39, 0.29) is 23.2 Å². The highest BCUT2D eigenvalue weighted by Crippen LogP contribution is 2.42. The first-order valence-electron chi connectivity index (χ1n) is 7.36. The van der Waals surface area contributed by atoms with Crippen molar-refractivity contribution in [3.05, 3.63) is 23.7 Å². The highest BCUT2D eigenvalue weighted by Gasteiger charge is 2.48. The Morgan fingerprint density at radius 3 is 2.79 bits per heavy atom. The van der Waals surface area contributed by atoms with E-state index in [9.17, 15) is 23.1 Å². The molecule has 8 nitrogen and oxygen atoms in total. The van der Waals surface area contributed by atoms with E-state index >= 15 is 0 Å². The molecule has 0 saturated carbocycles. The van der Waals surface area contributed by atoms with Gasteiger partial charge in [0.1, 0.15) is 0 Å². The molecule has 0 bridgehead atoms. The molecule has 128 valence electrons. The molecule has 4 rings (SSSR count). The number of hydrogen-bond donors (Lipinski definition) is 2. The summed E-state index contributed by atoms with van der Waals surface area (Å²) in [6.45, 7) is 1.63. The zero-order valence-electron chi connectivity index (χ0n) is 12.2. The largest absolute Gasteiger partial charge is 0.465 e. The summed E-state index contributed by atoms with van der Waals surface area (Å²) >= 11 is 0. The van der Waals surface area contributed by atoms with E-state index in [1.54, 1.807) is 0 Å². The summed E-state index contributed by atoms with van der Waals surface area (Å²) in [6.07, 6.45) is -5.79. The van der Waals surface area contributed by atoms with E-state index in [0.717, 1.165) is 0 Å². The molecule has 2 aromatic heterocycles. The molecular formula is C13H13F3N6O2. The van der Waals surface area contributed by atoms with Gasteiger partial charge in [0, 0.05) is 25.6 Å². The molecule has 0 radical (unpaired) electrons. The van der Waals surface area contributed by atoms with Crippen LogP contribution in [0.1, 0.15) is 17.6 Å². The lowest BCUT2D eigenvalue weighted by atomic mass is 9.92. The minimum Gasteiger partial charge on any atom is -0.465 e. The highest BCUT2D eigenvalue weighted by atomic mass is 19.4. The van der Waals surface area contributed by atoms with Crippen LogP contribution in [-0.4, -0.2) is 55.5 Å². The Kier molecular flexibility index (Phi) is 3.17. The predicted octanol–water partition coefficient (Wildman–Crippen LogP) is 1.01. The van der Waals surface area contributed by atoms with Gasteiger partial charge in [-0.25, -0.2) is 4.79 Å². The normalized spacial score (nSPS) is 27.0. The molecule has 0 aromatic carbocycles. The molecule has 1 amide bonds. The maximum absolute atomic E-state index is 13.0. The number of halogens is 3. The molecule has 2 aliphatic rings. The standard InChI is InChI=1S/C13H13F3N6O2/c14-13(15,16)11-19-18-9-2-1-8(20-22(9)11)10-7-4-17-3-6(7)5-21(10)12(23)24/h1-2,6-7,10,17H,3-5H2,(H,23,24). The van der Waals surface area contributed by atoms with Gasteiger partial charge in [-0.1, -0.05) is 0 Å². The van der Waals surface area contributed by atoms with Gasteiger partial charge in [-0.3, -0.25) is 4.90 Å². The van der Waals surface area contributed by atoms with E-state index in [2.05, 4.69) is 20.6 Å². The lowest BCUT2D eigenvalue weighted by molar-refractivity contribution is -0.146. The fourth-order valence-electron chi connectivity index (χ4n) is 3.63. The lowest BCUT2D eigenvalue weighted by Crippen LogP contribution is -2.34. The van der Waals surface area contributed by atoms with Crippen LogP contribution in [0, 0.1) is 11.8 Å². The number of nitrogens with one attached hydrogen (secondary N) is 1. The second-order valence-electron chi connectivity index (χ2n) is 6.01. The number of likely N-dealkylation sites (tertiary alicyclic amines) is 1. The third-order valence-electron chi connectivity index (χ3n) is 4.65. The van der Waals surface area contributed by atoms with E-state index < -0.39 is 24.1 Å². The topological polar surface area (TPSA) is 95.7 Å². The number of alkyl halides is 3. The van der Waals surface area contributed by atoms with E-state index in [4.69, 9.17) is 0 Å². The third-order valence-corrected chi connectivity index (χ3v) is 4.65. The fraction of sp³-hybridized carbons (Fsp3) is 0.538. The van der Waals surface area contributed by atoms with Gasteiger partial charge in [0.25, 0.3) is 5.82 Å². The van der Waals surface area contributed by atoms with Crippen molar-refractivity contribution in [2.45, 2.75) is 12.2 Å². The minimum absolute atomic E-state index is 0.0168. The maximum Gasteiger partial charge on any atom is 0.453 e. The summed E-state index contributed by atoms with van der Waals surface area (Å²) in [5, 5.41) is 23.2. The second kappa shape index (κ2) is 5.03. The Labute approximate surface area is 133 Å². The first-order valence-corrected chi connectivity index (χ1v) is 7.36. The summed E-state index contributed by atoms with van der Waals surface area (Å²) in [7, 11) is 0. The molecule has 2 aliphatic heterocycles. The van der Waals surface area contributed by atoms with Gasteiger partial charge < -0.3 is 10.4 Å². The van der Waals surface area contributed by atoms with Crippen molar-refractivity contribution >= 4 is 11.7 Å². The molecule has 2 N–H and O–H groups in total. The van der Waals surface area contributed by atoms with Crippen LogP contribution < -0.4 is 5.32 Å². The third kappa shape index (κ3) is 2.19. The number of nitrogens with zero attached hydrogens (tertiary/aromatic N) is 5. The van der Waals surface area contributed by atoms with Crippen LogP contribution in [0.15, 0.2) is 12.1 Å². The van der Waals surface area contributed by atoms with Crippen LogP contribution in [0.3, 0.4) is 0 Å². The van der Waals surface area contributed by atoms with Crippen molar-refractivity contribution in [1.82, 2.24) is 30.0 Å². The Bertz CT molecular complexity index is 807. The molecule has 3 atom stereocenters. The zero-order chi connectivity index (χ0) is 17.1. The average Bonchev–Trinajstić information content (AvgIpc) is 3.18. The highest BCUT2D eigenvalue weighted by molar-refractivity contribution is 5.66.